The van der Waals surface area contributed by atoms with Crippen LogP contribution in [0.2, 0.25) is 0 Å². The normalized spacial score (nSPS) is 9.15. The molecule has 0 aliphatic heterocycles. The minimum atomic E-state index is -0.292. The van der Waals surface area contributed by atoms with Gasteiger partial charge in [0.15, 0.2) is 0 Å². The van der Waals surface area contributed by atoms with E-state index in [-0.39, 0.29) is 5.82 Å². The van der Waals surface area contributed by atoms with Gasteiger partial charge in [0.2, 0.25) is 0 Å². The van der Waals surface area contributed by atoms with Crippen LogP contribution in [0.4, 0.5) is 4.39 Å². The number of thiol groups is 1. The van der Waals surface area contributed by atoms with Crippen molar-refractivity contribution in [2.75, 3.05) is 5.75 Å². The Balaban J connectivity index is 2.81. The third-order valence-corrected chi connectivity index (χ3v) is 1.70. The summed E-state index contributed by atoms with van der Waals surface area (Å²) < 4.78 is 12.8. The average Bonchev–Trinajstić information content (AvgIpc) is 2.12. The minimum absolute atomic E-state index is 0.292. The van der Waals surface area contributed by atoms with E-state index in [1.165, 1.54) is 6.07 Å². The van der Waals surface area contributed by atoms with Crippen LogP contribution in [0.1, 0.15) is 17.8 Å². The van der Waals surface area contributed by atoms with E-state index in [1.54, 1.807) is 13.0 Å². The van der Waals surface area contributed by atoms with Crippen LogP contribution in [-0.4, -0.2) is 10.7 Å². The molecule has 0 amide bonds. The van der Waals surface area contributed by atoms with E-state index in [1.807, 2.05) is 0 Å². The van der Waals surface area contributed by atoms with Crippen molar-refractivity contribution in [1.82, 2.24) is 4.98 Å². The number of rotatable bonds is 1. The Morgan fingerprint density at radius 2 is 2.31 bits per heavy atom. The lowest BCUT2D eigenvalue weighted by molar-refractivity contribution is 0.609. The predicted molar refractivity (Wildman–Crippen MR) is 54.3 cm³/mol. The summed E-state index contributed by atoms with van der Waals surface area (Å²) in [4.78, 5) is 3.97. The number of hydrogen-bond donors (Lipinski definition) is 1. The standard InChI is InChI=1S/C10H10FNS/c1-8-10(11)6-5-9(12-8)4-2-3-7-13/h5-6,13H,3,7H2,1H3. The second-order valence-corrected chi connectivity index (χ2v) is 2.99. The summed E-state index contributed by atoms with van der Waals surface area (Å²) >= 11 is 4.02. The van der Waals surface area contributed by atoms with E-state index in [4.69, 9.17) is 0 Å². The topological polar surface area (TPSA) is 12.9 Å². The Labute approximate surface area is 82.8 Å². The summed E-state index contributed by atoms with van der Waals surface area (Å²) in [6.07, 6.45) is 0.723. The van der Waals surface area contributed by atoms with Gasteiger partial charge in [0.05, 0.1) is 5.69 Å². The second kappa shape index (κ2) is 4.88. The maximum absolute atomic E-state index is 12.8. The Morgan fingerprint density at radius 3 is 2.92 bits per heavy atom. The Morgan fingerprint density at radius 1 is 1.54 bits per heavy atom. The van der Waals surface area contributed by atoms with Gasteiger partial charge in [0.1, 0.15) is 11.5 Å². The quantitative estimate of drug-likeness (QED) is 0.535. The molecule has 1 rings (SSSR count). The van der Waals surface area contributed by atoms with Gasteiger partial charge in [-0.3, -0.25) is 0 Å². The van der Waals surface area contributed by atoms with Crippen LogP contribution in [0, 0.1) is 24.6 Å². The van der Waals surface area contributed by atoms with Crippen molar-refractivity contribution in [3.8, 4) is 11.8 Å². The van der Waals surface area contributed by atoms with Gasteiger partial charge < -0.3 is 0 Å². The molecule has 1 nitrogen and oxygen atoms in total. The van der Waals surface area contributed by atoms with Gasteiger partial charge in [-0.15, -0.1) is 0 Å². The van der Waals surface area contributed by atoms with Crippen molar-refractivity contribution in [2.45, 2.75) is 13.3 Å². The minimum Gasteiger partial charge on any atom is -0.242 e. The van der Waals surface area contributed by atoms with Gasteiger partial charge >= 0.3 is 0 Å². The molecular formula is C10H10FNS. The highest BCUT2D eigenvalue weighted by Gasteiger charge is 1.97. The Kier molecular flexibility index (Phi) is 3.78. The first-order chi connectivity index (χ1) is 6.24. The monoisotopic (exact) mass is 195 g/mol. The van der Waals surface area contributed by atoms with Gasteiger partial charge in [-0.25, -0.2) is 9.37 Å². The van der Waals surface area contributed by atoms with Crippen LogP contribution in [-0.2, 0) is 0 Å². The number of aromatic nitrogens is 1. The van der Waals surface area contributed by atoms with Crippen molar-refractivity contribution < 1.29 is 4.39 Å². The van der Waals surface area contributed by atoms with E-state index in [9.17, 15) is 4.39 Å². The number of pyridine rings is 1. The molecule has 0 atom stereocenters. The largest absolute Gasteiger partial charge is 0.242 e. The molecule has 0 aliphatic rings. The summed E-state index contributed by atoms with van der Waals surface area (Å²) in [6.45, 7) is 1.62. The average molecular weight is 195 g/mol. The number of aryl methyl sites for hydroxylation is 1. The predicted octanol–water partition coefficient (Wildman–Crippen LogP) is 2.20. The van der Waals surface area contributed by atoms with Gasteiger partial charge in [-0.2, -0.15) is 12.6 Å². The summed E-state index contributed by atoms with van der Waals surface area (Å²) in [7, 11) is 0. The number of nitrogens with zero attached hydrogens (tertiary/aromatic N) is 1. The fourth-order valence-electron chi connectivity index (χ4n) is 0.823. The fourth-order valence-corrected chi connectivity index (χ4v) is 0.934. The highest BCUT2D eigenvalue weighted by Crippen LogP contribution is 2.03. The third kappa shape index (κ3) is 3.08. The molecule has 0 bridgehead atoms. The summed E-state index contributed by atoms with van der Waals surface area (Å²) in [6, 6.07) is 2.96. The van der Waals surface area contributed by atoms with Crippen LogP contribution in [0.5, 0.6) is 0 Å². The van der Waals surface area contributed by atoms with Gasteiger partial charge in [-0.05, 0) is 25.0 Å². The van der Waals surface area contributed by atoms with Crippen LogP contribution >= 0.6 is 12.6 Å². The van der Waals surface area contributed by atoms with E-state index >= 15 is 0 Å². The smallest absolute Gasteiger partial charge is 0.144 e. The number of halogens is 1. The summed E-state index contributed by atoms with van der Waals surface area (Å²) in [5, 5.41) is 0. The first-order valence-electron chi connectivity index (χ1n) is 3.97. The second-order valence-electron chi connectivity index (χ2n) is 2.54. The maximum Gasteiger partial charge on any atom is 0.144 e. The van der Waals surface area contributed by atoms with E-state index in [2.05, 4.69) is 29.5 Å². The van der Waals surface area contributed by atoms with E-state index < -0.39 is 0 Å². The lowest BCUT2D eigenvalue weighted by Gasteiger charge is -1.94. The Hall–Kier alpha value is -1.01. The molecule has 0 aromatic carbocycles. The van der Waals surface area contributed by atoms with Crippen molar-refractivity contribution in [2.24, 2.45) is 0 Å². The molecular weight excluding hydrogens is 185 g/mol. The van der Waals surface area contributed by atoms with Gasteiger partial charge in [-0.1, -0.05) is 5.92 Å². The molecule has 1 heterocycles. The fraction of sp³-hybridized carbons (Fsp3) is 0.300. The molecule has 1 aromatic heterocycles. The van der Waals surface area contributed by atoms with Crippen molar-refractivity contribution >= 4 is 12.6 Å². The van der Waals surface area contributed by atoms with Crippen molar-refractivity contribution in [1.29, 1.82) is 0 Å². The van der Waals surface area contributed by atoms with Gasteiger partial charge in [0.25, 0.3) is 0 Å². The molecule has 0 N–H and O–H groups in total. The summed E-state index contributed by atoms with van der Waals surface area (Å²) in [5.41, 5.74) is 0.998. The Bertz CT molecular complexity index is 352. The first-order valence-corrected chi connectivity index (χ1v) is 4.60. The lowest BCUT2D eigenvalue weighted by Crippen LogP contribution is -1.90. The molecule has 0 saturated heterocycles. The molecule has 13 heavy (non-hydrogen) atoms. The highest BCUT2D eigenvalue weighted by atomic mass is 32.1. The van der Waals surface area contributed by atoms with Crippen LogP contribution in [0.25, 0.3) is 0 Å². The van der Waals surface area contributed by atoms with E-state index in [0.29, 0.717) is 11.4 Å². The molecule has 0 fully saturated rings. The zero-order valence-electron chi connectivity index (χ0n) is 7.34. The highest BCUT2D eigenvalue weighted by molar-refractivity contribution is 7.80. The van der Waals surface area contributed by atoms with E-state index in [0.717, 1.165) is 12.2 Å². The zero-order valence-corrected chi connectivity index (χ0v) is 8.24. The lowest BCUT2D eigenvalue weighted by atomic mass is 10.3. The van der Waals surface area contributed by atoms with Crippen LogP contribution in [0.3, 0.4) is 0 Å². The molecule has 68 valence electrons. The molecule has 3 heteroatoms. The summed E-state index contributed by atoms with van der Waals surface area (Å²) in [5.74, 6) is 6.16. The molecule has 0 saturated carbocycles. The zero-order chi connectivity index (χ0) is 9.68. The first kappa shape index (κ1) is 10.1. The molecule has 0 spiro atoms. The van der Waals surface area contributed by atoms with Crippen molar-refractivity contribution in [3.05, 3.63) is 29.3 Å². The number of hydrogen-bond acceptors (Lipinski definition) is 2. The third-order valence-electron chi connectivity index (χ3n) is 1.47. The molecule has 0 radical (unpaired) electrons. The molecule has 0 aliphatic carbocycles. The molecule has 1 aromatic rings. The molecule has 0 unspecified atom stereocenters. The van der Waals surface area contributed by atoms with Gasteiger partial charge in [0, 0.05) is 12.2 Å². The van der Waals surface area contributed by atoms with Crippen molar-refractivity contribution in [3.63, 3.8) is 0 Å². The SMILES string of the molecule is Cc1nc(C#CCCS)ccc1F. The van der Waals surface area contributed by atoms with Crippen LogP contribution in [0.15, 0.2) is 12.1 Å². The maximum atomic E-state index is 12.8. The van der Waals surface area contributed by atoms with Crippen LogP contribution < -0.4 is 0 Å².